The number of nitrogens with one attached hydrogen (secondary N) is 3. The normalized spacial score (nSPS) is 11.8. The molecule has 8 heteroatoms. The molecule has 4 N–H and O–H groups in total. The lowest BCUT2D eigenvalue weighted by Gasteiger charge is -2.16. The number of nitrogens with zero attached hydrogens (tertiary/aromatic N) is 2. The molecule has 1 atom stereocenters. The fourth-order valence-corrected chi connectivity index (χ4v) is 1.83. The van der Waals surface area contributed by atoms with E-state index in [1.807, 2.05) is 6.92 Å². The van der Waals surface area contributed by atoms with E-state index in [0.29, 0.717) is 19.4 Å². The third kappa shape index (κ3) is 6.72. The van der Waals surface area contributed by atoms with E-state index in [-0.39, 0.29) is 18.5 Å². The van der Waals surface area contributed by atoms with Gasteiger partial charge in [0.1, 0.15) is 12.2 Å². The minimum atomic E-state index is -0.908. The van der Waals surface area contributed by atoms with Crippen LogP contribution >= 0.6 is 0 Å². The van der Waals surface area contributed by atoms with Crippen LogP contribution in [0.2, 0.25) is 0 Å². The molecule has 0 aliphatic rings. The summed E-state index contributed by atoms with van der Waals surface area (Å²) in [6.45, 7) is 2.45. The molecule has 0 aliphatic heterocycles. The van der Waals surface area contributed by atoms with Crippen LogP contribution in [-0.4, -0.2) is 44.9 Å². The lowest BCUT2D eigenvalue weighted by molar-refractivity contribution is -0.137. The summed E-state index contributed by atoms with van der Waals surface area (Å²) in [4.78, 5) is 26.3. The summed E-state index contributed by atoms with van der Waals surface area (Å²) in [7, 11) is 0. The molecule has 0 aliphatic carbocycles. The Morgan fingerprint density at radius 1 is 1.50 bits per heavy atom. The molecule has 1 rings (SSSR count). The average Bonchev–Trinajstić information content (AvgIpc) is 2.87. The first-order chi connectivity index (χ1) is 9.61. The second-order valence-corrected chi connectivity index (χ2v) is 4.52. The number of aromatic amines is 1. The quantitative estimate of drug-likeness (QED) is 0.497. The van der Waals surface area contributed by atoms with Crippen molar-refractivity contribution in [2.75, 3.05) is 6.54 Å². The molecule has 8 nitrogen and oxygen atoms in total. The van der Waals surface area contributed by atoms with Crippen molar-refractivity contribution in [2.24, 2.45) is 0 Å². The van der Waals surface area contributed by atoms with Gasteiger partial charge in [-0.15, -0.1) is 0 Å². The summed E-state index contributed by atoms with van der Waals surface area (Å²) in [5, 5.41) is 20.6. The fraction of sp³-hybridized carbons (Fsp3) is 0.667. The predicted octanol–water partition coefficient (Wildman–Crippen LogP) is 0.680. The number of carboxylic acids is 1. The van der Waals surface area contributed by atoms with E-state index in [9.17, 15) is 9.59 Å². The van der Waals surface area contributed by atoms with Gasteiger partial charge in [0.05, 0.1) is 6.42 Å². The van der Waals surface area contributed by atoms with E-state index in [2.05, 4.69) is 25.8 Å². The first-order valence-corrected chi connectivity index (χ1v) is 6.72. The number of aryl methyl sites for hydroxylation is 1. The molecule has 0 fully saturated rings. The minimum Gasteiger partial charge on any atom is -0.481 e. The van der Waals surface area contributed by atoms with Gasteiger partial charge >= 0.3 is 12.0 Å². The van der Waals surface area contributed by atoms with Gasteiger partial charge in [-0.2, -0.15) is 5.10 Å². The SMILES string of the molecule is CCCC(CC(=O)O)NC(=O)NCCCc1ncn[nH]1. The summed E-state index contributed by atoms with van der Waals surface area (Å²) in [6, 6.07) is -0.658. The highest BCUT2D eigenvalue weighted by Gasteiger charge is 2.14. The van der Waals surface area contributed by atoms with Crippen LogP contribution in [0.1, 0.15) is 38.4 Å². The highest BCUT2D eigenvalue weighted by molar-refractivity contribution is 5.75. The number of H-pyrrole nitrogens is 1. The van der Waals surface area contributed by atoms with Crippen LogP contribution in [0.4, 0.5) is 4.79 Å². The third-order valence-electron chi connectivity index (χ3n) is 2.73. The van der Waals surface area contributed by atoms with Crippen molar-refractivity contribution < 1.29 is 14.7 Å². The van der Waals surface area contributed by atoms with Crippen molar-refractivity contribution >= 4 is 12.0 Å². The van der Waals surface area contributed by atoms with Crippen molar-refractivity contribution in [2.45, 2.75) is 45.1 Å². The zero-order valence-electron chi connectivity index (χ0n) is 11.6. The van der Waals surface area contributed by atoms with Crippen LogP contribution in [0.15, 0.2) is 6.33 Å². The molecule has 0 aromatic carbocycles. The summed E-state index contributed by atoms with van der Waals surface area (Å²) in [5.41, 5.74) is 0. The van der Waals surface area contributed by atoms with E-state index in [0.717, 1.165) is 18.7 Å². The van der Waals surface area contributed by atoms with Crippen LogP contribution in [0, 0.1) is 0 Å². The Kier molecular flexibility index (Phi) is 7.08. The zero-order chi connectivity index (χ0) is 14.8. The molecule has 0 spiro atoms. The van der Waals surface area contributed by atoms with Crippen LogP contribution in [-0.2, 0) is 11.2 Å². The van der Waals surface area contributed by atoms with Gasteiger partial charge in [0.2, 0.25) is 0 Å². The maximum atomic E-state index is 11.6. The lowest BCUT2D eigenvalue weighted by atomic mass is 10.1. The summed E-state index contributed by atoms with van der Waals surface area (Å²) in [5.74, 6) is -0.129. The molecule has 0 radical (unpaired) electrons. The highest BCUT2D eigenvalue weighted by Crippen LogP contribution is 2.01. The topological polar surface area (TPSA) is 120 Å². The number of carbonyl (C=O) groups excluding carboxylic acids is 1. The van der Waals surface area contributed by atoms with Gasteiger partial charge in [0.15, 0.2) is 0 Å². The van der Waals surface area contributed by atoms with Crippen molar-refractivity contribution in [3.63, 3.8) is 0 Å². The van der Waals surface area contributed by atoms with Crippen molar-refractivity contribution in [1.29, 1.82) is 0 Å². The van der Waals surface area contributed by atoms with Gasteiger partial charge < -0.3 is 15.7 Å². The Balaban J connectivity index is 2.18. The van der Waals surface area contributed by atoms with E-state index < -0.39 is 5.97 Å². The monoisotopic (exact) mass is 283 g/mol. The second-order valence-electron chi connectivity index (χ2n) is 4.52. The van der Waals surface area contributed by atoms with Crippen molar-refractivity contribution in [1.82, 2.24) is 25.8 Å². The average molecular weight is 283 g/mol. The number of amides is 2. The first-order valence-electron chi connectivity index (χ1n) is 6.72. The van der Waals surface area contributed by atoms with Gasteiger partial charge in [-0.3, -0.25) is 9.89 Å². The number of urea groups is 1. The molecule has 1 aromatic rings. The first kappa shape index (κ1) is 15.9. The maximum Gasteiger partial charge on any atom is 0.315 e. The molecule has 0 bridgehead atoms. The van der Waals surface area contributed by atoms with Crippen molar-refractivity contribution in [3.05, 3.63) is 12.2 Å². The number of carbonyl (C=O) groups is 2. The molecular weight excluding hydrogens is 262 g/mol. The molecule has 1 aromatic heterocycles. The number of hydrogen-bond acceptors (Lipinski definition) is 4. The zero-order valence-corrected chi connectivity index (χ0v) is 11.6. The molecule has 1 unspecified atom stereocenters. The van der Waals surface area contributed by atoms with Crippen LogP contribution < -0.4 is 10.6 Å². The van der Waals surface area contributed by atoms with Crippen molar-refractivity contribution in [3.8, 4) is 0 Å². The minimum absolute atomic E-state index is 0.0562. The Morgan fingerprint density at radius 3 is 2.90 bits per heavy atom. The summed E-state index contributed by atoms with van der Waals surface area (Å²) in [6.07, 6.45) is 4.30. The van der Waals surface area contributed by atoms with Gasteiger partial charge in [-0.25, -0.2) is 9.78 Å². The van der Waals surface area contributed by atoms with E-state index in [4.69, 9.17) is 5.11 Å². The second kappa shape index (κ2) is 8.89. The van der Waals surface area contributed by atoms with Gasteiger partial charge in [0.25, 0.3) is 0 Å². The number of hydrogen-bond donors (Lipinski definition) is 4. The lowest BCUT2D eigenvalue weighted by Crippen LogP contribution is -2.43. The maximum absolute atomic E-state index is 11.6. The molecular formula is C12H21N5O3. The van der Waals surface area contributed by atoms with E-state index in [1.165, 1.54) is 6.33 Å². The molecule has 0 saturated carbocycles. The standard InChI is InChI=1S/C12H21N5O3/c1-2-4-9(7-11(18)19)16-12(20)13-6-3-5-10-14-8-15-17-10/h8-9H,2-7H2,1H3,(H,18,19)(H2,13,16,20)(H,14,15,17). The number of aromatic nitrogens is 3. The smallest absolute Gasteiger partial charge is 0.315 e. The largest absolute Gasteiger partial charge is 0.481 e. The number of aliphatic carboxylic acids is 1. The van der Waals surface area contributed by atoms with Gasteiger partial charge in [0, 0.05) is 19.0 Å². The number of rotatable bonds is 9. The molecule has 112 valence electrons. The van der Waals surface area contributed by atoms with Gasteiger partial charge in [-0.05, 0) is 12.8 Å². The molecule has 2 amide bonds. The Hall–Kier alpha value is -2.12. The number of carboxylic acid groups (broad SMARTS) is 1. The Morgan fingerprint density at radius 2 is 2.30 bits per heavy atom. The fourth-order valence-electron chi connectivity index (χ4n) is 1.83. The predicted molar refractivity (Wildman–Crippen MR) is 72.2 cm³/mol. The summed E-state index contributed by atoms with van der Waals surface area (Å²) < 4.78 is 0. The van der Waals surface area contributed by atoms with E-state index >= 15 is 0 Å². The van der Waals surface area contributed by atoms with Gasteiger partial charge in [-0.1, -0.05) is 13.3 Å². The summed E-state index contributed by atoms with van der Waals surface area (Å²) >= 11 is 0. The Bertz CT molecular complexity index is 407. The highest BCUT2D eigenvalue weighted by atomic mass is 16.4. The van der Waals surface area contributed by atoms with Crippen LogP contribution in [0.3, 0.4) is 0 Å². The van der Waals surface area contributed by atoms with Crippen LogP contribution in [0.5, 0.6) is 0 Å². The molecule has 0 saturated heterocycles. The molecule has 1 heterocycles. The van der Waals surface area contributed by atoms with Crippen LogP contribution in [0.25, 0.3) is 0 Å². The van der Waals surface area contributed by atoms with E-state index in [1.54, 1.807) is 0 Å². The third-order valence-corrected chi connectivity index (χ3v) is 2.73. The molecule has 20 heavy (non-hydrogen) atoms. The Labute approximate surface area is 117 Å².